The maximum atomic E-state index is 10.6. The minimum absolute atomic E-state index is 0. The summed E-state index contributed by atoms with van der Waals surface area (Å²) >= 11 is 0. The maximum Gasteiger partial charge on any atom is 2.00 e. The van der Waals surface area contributed by atoms with E-state index in [-0.39, 0.29) is 40.0 Å². The Hall–Kier alpha value is 1.17. The first kappa shape index (κ1) is 13.7. The molecule has 2 unspecified atom stereocenters. The number of halogens is 1. The zero-order valence-electron chi connectivity index (χ0n) is 6.27. The molecule has 1 rings (SSSR count). The van der Waals surface area contributed by atoms with Crippen LogP contribution in [0.1, 0.15) is 19.8 Å². The van der Waals surface area contributed by atoms with Gasteiger partial charge in [-0.1, -0.05) is 19.6 Å². The fourth-order valence-corrected chi connectivity index (χ4v) is 0.973. The SMILES string of the molecule is CC1CCC([O-])NC1.[Br-].[Mg+2]. The van der Waals surface area contributed by atoms with Gasteiger partial charge in [0, 0.05) is 0 Å². The molecule has 1 fully saturated rings. The van der Waals surface area contributed by atoms with E-state index in [0.29, 0.717) is 5.92 Å². The van der Waals surface area contributed by atoms with Crippen LogP contribution >= 0.6 is 0 Å². The van der Waals surface area contributed by atoms with Gasteiger partial charge in [-0.05, 0) is 18.9 Å². The van der Waals surface area contributed by atoms with E-state index >= 15 is 0 Å². The molecule has 2 nitrogen and oxygen atoms in total. The molecule has 0 aromatic carbocycles. The number of hydrogen-bond donors (Lipinski definition) is 1. The molecule has 1 saturated heterocycles. The van der Waals surface area contributed by atoms with Crippen molar-refractivity contribution in [2.45, 2.75) is 26.0 Å². The van der Waals surface area contributed by atoms with Crippen LogP contribution in [0.4, 0.5) is 0 Å². The van der Waals surface area contributed by atoms with Crippen LogP contribution in [-0.4, -0.2) is 35.8 Å². The summed E-state index contributed by atoms with van der Waals surface area (Å²) in [5.41, 5.74) is 0. The van der Waals surface area contributed by atoms with Crippen molar-refractivity contribution in [2.24, 2.45) is 5.92 Å². The van der Waals surface area contributed by atoms with E-state index in [1.54, 1.807) is 0 Å². The Labute approximate surface area is 88.7 Å². The Morgan fingerprint density at radius 1 is 1.40 bits per heavy atom. The summed E-state index contributed by atoms with van der Waals surface area (Å²) in [5.74, 6) is 0.709. The summed E-state index contributed by atoms with van der Waals surface area (Å²) in [4.78, 5) is 0. The predicted molar refractivity (Wildman–Crippen MR) is 35.9 cm³/mol. The third-order valence-electron chi connectivity index (χ3n) is 1.62. The molecule has 1 aliphatic heterocycles. The van der Waals surface area contributed by atoms with Crippen molar-refractivity contribution in [1.82, 2.24) is 5.32 Å². The normalized spacial score (nSPS) is 31.8. The molecule has 10 heavy (non-hydrogen) atoms. The molecule has 56 valence electrons. The largest absolute Gasteiger partial charge is 2.00 e. The van der Waals surface area contributed by atoms with Gasteiger partial charge >= 0.3 is 23.1 Å². The molecule has 1 N–H and O–H groups in total. The quantitative estimate of drug-likeness (QED) is 0.425. The van der Waals surface area contributed by atoms with Crippen molar-refractivity contribution >= 4 is 23.1 Å². The number of rotatable bonds is 0. The first-order valence-corrected chi connectivity index (χ1v) is 3.18. The van der Waals surface area contributed by atoms with E-state index in [9.17, 15) is 5.11 Å². The molecule has 0 bridgehead atoms. The summed E-state index contributed by atoms with van der Waals surface area (Å²) in [6, 6.07) is 0. The molecule has 4 heteroatoms. The first-order valence-electron chi connectivity index (χ1n) is 3.18. The molecule has 0 spiro atoms. The third-order valence-corrected chi connectivity index (χ3v) is 1.62. The predicted octanol–water partition coefficient (Wildman–Crippen LogP) is -3.68. The molecule has 0 radical (unpaired) electrons. The summed E-state index contributed by atoms with van der Waals surface area (Å²) in [6.07, 6.45) is 1.42. The van der Waals surface area contributed by atoms with Crippen LogP contribution in [0, 0.1) is 5.92 Å². The van der Waals surface area contributed by atoms with E-state index < -0.39 is 6.23 Å². The van der Waals surface area contributed by atoms with E-state index in [2.05, 4.69) is 12.2 Å². The third kappa shape index (κ3) is 4.90. The molecule has 0 amide bonds. The molecule has 0 aromatic heterocycles. The van der Waals surface area contributed by atoms with Gasteiger partial charge in [0.05, 0.1) is 0 Å². The van der Waals surface area contributed by atoms with Gasteiger partial charge in [0.2, 0.25) is 0 Å². The monoisotopic (exact) mass is 217 g/mol. The Bertz CT molecular complexity index is 66.1. The Balaban J connectivity index is 0. The van der Waals surface area contributed by atoms with Gasteiger partial charge in [0.15, 0.2) is 0 Å². The maximum absolute atomic E-state index is 10.6. The zero-order chi connectivity index (χ0) is 5.98. The summed E-state index contributed by atoms with van der Waals surface area (Å²) in [6.45, 7) is 3.08. The minimum Gasteiger partial charge on any atom is -1.00 e. The van der Waals surface area contributed by atoms with Crippen LogP contribution in [0.15, 0.2) is 0 Å². The smallest absolute Gasteiger partial charge is 1.00 e. The van der Waals surface area contributed by atoms with Crippen LogP contribution in [0.5, 0.6) is 0 Å². The Morgan fingerprint density at radius 2 is 2.00 bits per heavy atom. The second kappa shape index (κ2) is 6.85. The van der Waals surface area contributed by atoms with Crippen LogP contribution in [0.3, 0.4) is 0 Å². The second-order valence-electron chi connectivity index (χ2n) is 2.58. The van der Waals surface area contributed by atoms with Gasteiger partial charge in [-0.15, -0.1) is 0 Å². The molecule has 1 heterocycles. The van der Waals surface area contributed by atoms with Gasteiger partial charge < -0.3 is 27.4 Å². The molecule has 0 aromatic rings. The van der Waals surface area contributed by atoms with Crippen molar-refractivity contribution in [1.29, 1.82) is 0 Å². The van der Waals surface area contributed by atoms with Gasteiger partial charge in [-0.25, -0.2) is 0 Å². The average molecular weight is 218 g/mol. The number of hydrogen-bond acceptors (Lipinski definition) is 2. The summed E-state index contributed by atoms with van der Waals surface area (Å²) in [7, 11) is 0. The standard InChI is InChI=1S/C6H12NO.BrH.Mg/c1-5-2-3-6(8)7-4-5;;/h5-7H,2-4H2,1H3;1H;/q-1;;+2/p-1. The summed E-state index contributed by atoms with van der Waals surface area (Å²) < 4.78 is 0. The van der Waals surface area contributed by atoms with Crippen LogP contribution in [-0.2, 0) is 0 Å². The van der Waals surface area contributed by atoms with Crippen molar-refractivity contribution < 1.29 is 22.1 Å². The van der Waals surface area contributed by atoms with E-state index in [1.165, 1.54) is 0 Å². The minimum atomic E-state index is -0.480. The molecule has 0 saturated carbocycles. The molecular weight excluding hydrogens is 206 g/mol. The molecule has 2 atom stereocenters. The topological polar surface area (TPSA) is 35.1 Å². The average Bonchev–Trinajstić information content (AvgIpc) is 1.77. The first-order chi connectivity index (χ1) is 3.79. The summed E-state index contributed by atoms with van der Waals surface area (Å²) in [5, 5.41) is 13.5. The van der Waals surface area contributed by atoms with Crippen molar-refractivity contribution in [2.75, 3.05) is 6.54 Å². The molecule has 0 aliphatic carbocycles. The Morgan fingerprint density at radius 3 is 2.30 bits per heavy atom. The number of nitrogens with one attached hydrogen (secondary N) is 1. The second-order valence-corrected chi connectivity index (χ2v) is 2.58. The van der Waals surface area contributed by atoms with Gasteiger partial charge in [0.1, 0.15) is 0 Å². The van der Waals surface area contributed by atoms with Gasteiger partial charge in [0.25, 0.3) is 0 Å². The van der Waals surface area contributed by atoms with Crippen LogP contribution in [0.25, 0.3) is 0 Å². The van der Waals surface area contributed by atoms with Crippen molar-refractivity contribution in [3.05, 3.63) is 0 Å². The van der Waals surface area contributed by atoms with Crippen LogP contribution < -0.4 is 27.4 Å². The van der Waals surface area contributed by atoms with Crippen LogP contribution in [0.2, 0.25) is 0 Å². The van der Waals surface area contributed by atoms with E-state index in [4.69, 9.17) is 0 Å². The van der Waals surface area contributed by atoms with Gasteiger partial charge in [-0.3, -0.25) is 0 Å². The van der Waals surface area contributed by atoms with Crippen molar-refractivity contribution in [3.63, 3.8) is 0 Å². The number of piperidine rings is 1. The zero-order valence-corrected chi connectivity index (χ0v) is 9.27. The van der Waals surface area contributed by atoms with Gasteiger partial charge in [-0.2, -0.15) is 0 Å². The molecular formula is C6H12BrMgNO. The molecule has 1 aliphatic rings. The van der Waals surface area contributed by atoms with Crippen molar-refractivity contribution in [3.8, 4) is 0 Å². The Kier molecular flexibility index (Phi) is 9.41. The van der Waals surface area contributed by atoms with E-state index in [0.717, 1.165) is 19.4 Å². The van der Waals surface area contributed by atoms with E-state index in [1.807, 2.05) is 0 Å². The fraction of sp³-hybridized carbons (Fsp3) is 1.00. The fourth-order valence-electron chi connectivity index (χ4n) is 0.973.